The van der Waals surface area contributed by atoms with Crippen molar-refractivity contribution in [1.82, 2.24) is 5.32 Å². The highest BCUT2D eigenvalue weighted by Gasteiger charge is 2.06. The van der Waals surface area contributed by atoms with E-state index in [0.717, 1.165) is 5.56 Å². The standard InChI is InChI=1S/C11H16N2O/c1-8-4-3-5-10(6-8)7-13-9(2)11(12)14/h3-6,9,13H,7H2,1-2H3,(H2,12,14). The van der Waals surface area contributed by atoms with Gasteiger partial charge in [-0.05, 0) is 19.4 Å². The van der Waals surface area contributed by atoms with Gasteiger partial charge in [0.1, 0.15) is 0 Å². The van der Waals surface area contributed by atoms with Gasteiger partial charge < -0.3 is 11.1 Å². The van der Waals surface area contributed by atoms with Crippen LogP contribution < -0.4 is 11.1 Å². The monoisotopic (exact) mass is 192 g/mol. The van der Waals surface area contributed by atoms with Crippen LogP contribution in [0.3, 0.4) is 0 Å². The quantitative estimate of drug-likeness (QED) is 0.746. The maximum absolute atomic E-state index is 10.7. The molecule has 14 heavy (non-hydrogen) atoms. The first-order valence-electron chi connectivity index (χ1n) is 4.68. The Balaban J connectivity index is 2.49. The number of primary amides is 1. The molecular weight excluding hydrogens is 176 g/mol. The molecule has 1 aromatic rings. The summed E-state index contributed by atoms with van der Waals surface area (Å²) >= 11 is 0. The van der Waals surface area contributed by atoms with Gasteiger partial charge in [0.15, 0.2) is 0 Å². The molecule has 0 aliphatic rings. The smallest absolute Gasteiger partial charge is 0.234 e. The van der Waals surface area contributed by atoms with Crippen molar-refractivity contribution in [2.75, 3.05) is 0 Å². The fourth-order valence-electron chi connectivity index (χ4n) is 1.19. The number of carbonyl (C=O) groups is 1. The molecule has 1 atom stereocenters. The lowest BCUT2D eigenvalue weighted by molar-refractivity contribution is -0.119. The number of amides is 1. The molecule has 0 fully saturated rings. The summed E-state index contributed by atoms with van der Waals surface area (Å²) in [5.74, 6) is -0.322. The molecule has 3 heteroatoms. The van der Waals surface area contributed by atoms with Crippen LogP contribution in [-0.4, -0.2) is 11.9 Å². The second kappa shape index (κ2) is 4.77. The van der Waals surface area contributed by atoms with Crippen molar-refractivity contribution in [2.45, 2.75) is 26.4 Å². The lowest BCUT2D eigenvalue weighted by atomic mass is 10.1. The van der Waals surface area contributed by atoms with Gasteiger partial charge >= 0.3 is 0 Å². The van der Waals surface area contributed by atoms with Gasteiger partial charge in [-0.2, -0.15) is 0 Å². The van der Waals surface area contributed by atoms with Crippen LogP contribution in [-0.2, 0) is 11.3 Å². The molecule has 1 aromatic carbocycles. The molecule has 0 aromatic heterocycles. The van der Waals surface area contributed by atoms with Crippen molar-refractivity contribution >= 4 is 5.91 Å². The maximum Gasteiger partial charge on any atom is 0.234 e. The molecule has 0 aliphatic carbocycles. The van der Waals surface area contributed by atoms with Gasteiger partial charge in [0.25, 0.3) is 0 Å². The number of nitrogens with one attached hydrogen (secondary N) is 1. The number of hydrogen-bond donors (Lipinski definition) is 2. The zero-order valence-electron chi connectivity index (χ0n) is 8.58. The molecule has 0 heterocycles. The second-order valence-electron chi connectivity index (χ2n) is 3.49. The number of aryl methyl sites for hydroxylation is 1. The van der Waals surface area contributed by atoms with Crippen LogP contribution in [0.4, 0.5) is 0 Å². The van der Waals surface area contributed by atoms with Crippen molar-refractivity contribution in [2.24, 2.45) is 5.73 Å². The molecule has 3 N–H and O–H groups in total. The molecule has 0 radical (unpaired) electrons. The van der Waals surface area contributed by atoms with E-state index in [-0.39, 0.29) is 11.9 Å². The maximum atomic E-state index is 10.7. The number of benzene rings is 1. The minimum atomic E-state index is -0.322. The number of hydrogen-bond acceptors (Lipinski definition) is 2. The molecule has 1 unspecified atom stereocenters. The summed E-state index contributed by atoms with van der Waals surface area (Å²) in [6.07, 6.45) is 0. The van der Waals surface area contributed by atoms with Crippen LogP contribution in [0.25, 0.3) is 0 Å². The summed E-state index contributed by atoms with van der Waals surface area (Å²) in [7, 11) is 0. The van der Waals surface area contributed by atoms with Crippen molar-refractivity contribution in [3.63, 3.8) is 0 Å². The van der Waals surface area contributed by atoms with Gasteiger partial charge in [0.2, 0.25) is 5.91 Å². The number of carbonyl (C=O) groups excluding carboxylic acids is 1. The van der Waals surface area contributed by atoms with E-state index in [4.69, 9.17) is 5.73 Å². The molecule has 0 saturated carbocycles. The molecule has 1 amide bonds. The average molecular weight is 192 g/mol. The van der Waals surface area contributed by atoms with Gasteiger partial charge in [-0.15, -0.1) is 0 Å². The summed E-state index contributed by atoms with van der Waals surface area (Å²) in [5.41, 5.74) is 7.51. The van der Waals surface area contributed by atoms with Gasteiger partial charge in [-0.3, -0.25) is 4.79 Å². The molecule has 3 nitrogen and oxygen atoms in total. The van der Waals surface area contributed by atoms with Crippen LogP contribution in [0.15, 0.2) is 24.3 Å². The Kier molecular flexibility index (Phi) is 3.65. The van der Waals surface area contributed by atoms with E-state index in [0.29, 0.717) is 6.54 Å². The SMILES string of the molecule is Cc1cccc(CNC(C)C(N)=O)c1. The minimum absolute atomic E-state index is 0.282. The lowest BCUT2D eigenvalue weighted by Crippen LogP contribution is -2.38. The molecule has 1 rings (SSSR count). The first kappa shape index (κ1) is 10.7. The summed E-state index contributed by atoms with van der Waals surface area (Å²) in [6.45, 7) is 4.48. The third-order valence-corrected chi connectivity index (χ3v) is 2.12. The van der Waals surface area contributed by atoms with E-state index in [1.807, 2.05) is 25.1 Å². The first-order valence-corrected chi connectivity index (χ1v) is 4.68. The van der Waals surface area contributed by atoms with E-state index in [1.165, 1.54) is 5.56 Å². The van der Waals surface area contributed by atoms with E-state index >= 15 is 0 Å². The first-order chi connectivity index (χ1) is 6.59. The normalized spacial score (nSPS) is 12.4. The Bertz CT molecular complexity index is 323. The lowest BCUT2D eigenvalue weighted by Gasteiger charge is -2.09. The van der Waals surface area contributed by atoms with Crippen LogP contribution in [0.5, 0.6) is 0 Å². The zero-order valence-corrected chi connectivity index (χ0v) is 8.58. The Morgan fingerprint density at radius 2 is 2.29 bits per heavy atom. The summed E-state index contributed by atoms with van der Waals surface area (Å²) in [4.78, 5) is 10.7. The molecule has 0 bridgehead atoms. The largest absolute Gasteiger partial charge is 0.368 e. The van der Waals surface area contributed by atoms with Crippen LogP contribution >= 0.6 is 0 Å². The highest BCUT2D eigenvalue weighted by Crippen LogP contribution is 2.03. The molecule has 0 spiro atoms. The minimum Gasteiger partial charge on any atom is -0.368 e. The van der Waals surface area contributed by atoms with E-state index in [2.05, 4.69) is 11.4 Å². The Morgan fingerprint density at radius 3 is 2.86 bits per heavy atom. The zero-order chi connectivity index (χ0) is 10.6. The second-order valence-corrected chi connectivity index (χ2v) is 3.49. The molecule has 0 saturated heterocycles. The fourth-order valence-corrected chi connectivity index (χ4v) is 1.19. The summed E-state index contributed by atoms with van der Waals surface area (Å²) in [6, 6.07) is 7.87. The average Bonchev–Trinajstić information content (AvgIpc) is 2.14. The third-order valence-electron chi connectivity index (χ3n) is 2.12. The van der Waals surface area contributed by atoms with Crippen molar-refractivity contribution in [3.05, 3.63) is 35.4 Å². The van der Waals surface area contributed by atoms with Crippen molar-refractivity contribution < 1.29 is 4.79 Å². The van der Waals surface area contributed by atoms with Gasteiger partial charge in [-0.1, -0.05) is 29.8 Å². The summed E-state index contributed by atoms with van der Waals surface area (Å²) in [5, 5.41) is 3.05. The fraction of sp³-hybridized carbons (Fsp3) is 0.364. The molecule has 0 aliphatic heterocycles. The molecule has 76 valence electrons. The Hall–Kier alpha value is -1.35. The number of rotatable bonds is 4. The van der Waals surface area contributed by atoms with Crippen molar-refractivity contribution in [3.8, 4) is 0 Å². The topological polar surface area (TPSA) is 55.1 Å². The Morgan fingerprint density at radius 1 is 1.57 bits per heavy atom. The van der Waals surface area contributed by atoms with Gasteiger partial charge in [0, 0.05) is 6.54 Å². The predicted octanol–water partition coefficient (Wildman–Crippen LogP) is 0.958. The van der Waals surface area contributed by atoms with E-state index in [9.17, 15) is 4.79 Å². The van der Waals surface area contributed by atoms with Crippen molar-refractivity contribution in [1.29, 1.82) is 0 Å². The molecular formula is C11H16N2O. The van der Waals surface area contributed by atoms with Gasteiger partial charge in [-0.25, -0.2) is 0 Å². The third kappa shape index (κ3) is 3.18. The predicted molar refractivity (Wildman–Crippen MR) is 56.7 cm³/mol. The number of nitrogens with two attached hydrogens (primary N) is 1. The van der Waals surface area contributed by atoms with E-state index in [1.54, 1.807) is 6.92 Å². The van der Waals surface area contributed by atoms with Crippen LogP contribution in [0, 0.1) is 6.92 Å². The van der Waals surface area contributed by atoms with E-state index < -0.39 is 0 Å². The summed E-state index contributed by atoms with van der Waals surface area (Å²) < 4.78 is 0. The van der Waals surface area contributed by atoms with Gasteiger partial charge in [0.05, 0.1) is 6.04 Å². The highest BCUT2D eigenvalue weighted by molar-refractivity contribution is 5.79. The van der Waals surface area contributed by atoms with Crippen LogP contribution in [0.1, 0.15) is 18.1 Å². The van der Waals surface area contributed by atoms with Crippen LogP contribution in [0.2, 0.25) is 0 Å². The Labute approximate surface area is 84.3 Å². The highest BCUT2D eigenvalue weighted by atomic mass is 16.1.